The smallest absolute Gasteiger partial charge is 0.255 e. The highest BCUT2D eigenvalue weighted by Gasteiger charge is 2.10. The van der Waals surface area contributed by atoms with Crippen LogP contribution in [0.4, 0.5) is 5.69 Å². The fraction of sp³-hybridized carbons (Fsp3) is 0.174. The molecule has 3 aromatic rings. The molecule has 0 saturated heterocycles. The molecule has 0 aliphatic rings. The number of hydrogen-bond acceptors (Lipinski definition) is 3. The van der Waals surface area contributed by atoms with Gasteiger partial charge in [0.1, 0.15) is 5.75 Å². The maximum Gasteiger partial charge on any atom is 0.255 e. The summed E-state index contributed by atoms with van der Waals surface area (Å²) >= 11 is 0. The maximum absolute atomic E-state index is 12.5. The Kier molecular flexibility index (Phi) is 6.23. The second-order valence-corrected chi connectivity index (χ2v) is 6.27. The molecule has 0 aromatic heterocycles. The molecule has 4 heteroatoms. The molecule has 0 bridgehead atoms. The fourth-order valence-electron chi connectivity index (χ4n) is 2.93. The molecular formula is C23H23NO3. The number of hydrogen-bond donors (Lipinski definition) is 1. The van der Waals surface area contributed by atoms with E-state index in [9.17, 15) is 4.79 Å². The number of ether oxygens (including phenoxy) is 2. The number of anilines is 1. The highest BCUT2D eigenvalue weighted by Crippen LogP contribution is 2.25. The Morgan fingerprint density at radius 2 is 1.63 bits per heavy atom. The van der Waals surface area contributed by atoms with Crippen molar-refractivity contribution in [3.8, 4) is 5.75 Å². The van der Waals surface area contributed by atoms with Crippen LogP contribution in [0, 0.1) is 0 Å². The van der Waals surface area contributed by atoms with Gasteiger partial charge in [-0.1, -0.05) is 42.5 Å². The van der Waals surface area contributed by atoms with Crippen LogP contribution in [0.3, 0.4) is 0 Å². The average molecular weight is 361 g/mol. The van der Waals surface area contributed by atoms with Crippen LogP contribution < -0.4 is 10.1 Å². The molecule has 1 amide bonds. The van der Waals surface area contributed by atoms with Gasteiger partial charge in [0.15, 0.2) is 0 Å². The SMILES string of the molecule is COCc1ccc(C(=O)Nc2ccc(OC)c(Cc3ccccc3)c2)cc1. The Morgan fingerprint density at radius 1 is 0.889 bits per heavy atom. The van der Waals surface area contributed by atoms with Crippen molar-refractivity contribution in [2.24, 2.45) is 0 Å². The molecule has 0 fully saturated rings. The molecule has 3 rings (SSSR count). The third kappa shape index (κ3) is 4.96. The highest BCUT2D eigenvalue weighted by atomic mass is 16.5. The van der Waals surface area contributed by atoms with E-state index in [2.05, 4.69) is 17.4 Å². The number of carbonyl (C=O) groups excluding carboxylic acids is 1. The van der Waals surface area contributed by atoms with Gasteiger partial charge in [0, 0.05) is 30.3 Å². The van der Waals surface area contributed by atoms with Gasteiger partial charge >= 0.3 is 0 Å². The summed E-state index contributed by atoms with van der Waals surface area (Å²) < 4.78 is 10.6. The van der Waals surface area contributed by atoms with Gasteiger partial charge in [-0.2, -0.15) is 0 Å². The topological polar surface area (TPSA) is 47.6 Å². The van der Waals surface area contributed by atoms with E-state index in [4.69, 9.17) is 9.47 Å². The second-order valence-electron chi connectivity index (χ2n) is 6.27. The predicted octanol–water partition coefficient (Wildman–Crippen LogP) is 4.68. The number of benzene rings is 3. The quantitative estimate of drug-likeness (QED) is 0.664. The van der Waals surface area contributed by atoms with Crippen LogP contribution in [0.15, 0.2) is 72.8 Å². The van der Waals surface area contributed by atoms with Crippen LogP contribution >= 0.6 is 0 Å². The lowest BCUT2D eigenvalue weighted by atomic mass is 10.0. The molecule has 0 heterocycles. The zero-order chi connectivity index (χ0) is 19.1. The minimum atomic E-state index is -0.144. The molecule has 3 aromatic carbocycles. The van der Waals surface area contributed by atoms with E-state index in [0.717, 1.165) is 29.0 Å². The normalized spacial score (nSPS) is 10.4. The summed E-state index contributed by atoms with van der Waals surface area (Å²) in [5.41, 5.74) is 4.59. The summed E-state index contributed by atoms with van der Waals surface area (Å²) in [6.45, 7) is 0.531. The van der Waals surface area contributed by atoms with E-state index < -0.39 is 0 Å². The van der Waals surface area contributed by atoms with E-state index in [0.29, 0.717) is 12.2 Å². The van der Waals surface area contributed by atoms with Crippen molar-refractivity contribution in [3.63, 3.8) is 0 Å². The van der Waals surface area contributed by atoms with Crippen molar-refractivity contribution in [2.75, 3.05) is 19.5 Å². The maximum atomic E-state index is 12.5. The Balaban J connectivity index is 1.76. The molecule has 1 N–H and O–H groups in total. The Bertz CT molecular complexity index is 889. The first kappa shape index (κ1) is 18.7. The van der Waals surface area contributed by atoms with Gasteiger partial charge in [-0.05, 0) is 41.5 Å². The summed E-state index contributed by atoms with van der Waals surface area (Å²) in [5.74, 6) is 0.663. The number of amides is 1. The summed E-state index contributed by atoms with van der Waals surface area (Å²) in [6, 6.07) is 23.3. The van der Waals surface area contributed by atoms with E-state index in [1.54, 1.807) is 26.4 Å². The number of rotatable bonds is 7. The number of nitrogens with one attached hydrogen (secondary N) is 1. The van der Waals surface area contributed by atoms with E-state index in [-0.39, 0.29) is 5.91 Å². The standard InChI is InChI=1S/C23H23NO3/c1-26-16-18-8-10-19(11-9-18)23(25)24-21-12-13-22(27-2)20(15-21)14-17-6-4-3-5-7-17/h3-13,15H,14,16H2,1-2H3,(H,24,25). The van der Waals surface area contributed by atoms with Crippen LogP contribution in [0.1, 0.15) is 27.0 Å². The fourth-order valence-corrected chi connectivity index (χ4v) is 2.93. The third-order valence-corrected chi connectivity index (χ3v) is 4.30. The number of carbonyl (C=O) groups is 1. The van der Waals surface area contributed by atoms with Crippen molar-refractivity contribution in [1.82, 2.24) is 0 Å². The van der Waals surface area contributed by atoms with Gasteiger partial charge < -0.3 is 14.8 Å². The van der Waals surface area contributed by atoms with Crippen LogP contribution in [0.25, 0.3) is 0 Å². The van der Waals surface area contributed by atoms with Crippen molar-refractivity contribution in [1.29, 1.82) is 0 Å². The van der Waals surface area contributed by atoms with Crippen LogP contribution in [0.5, 0.6) is 5.75 Å². The molecule has 4 nitrogen and oxygen atoms in total. The molecule has 0 unspecified atom stereocenters. The monoisotopic (exact) mass is 361 g/mol. The molecule has 0 saturated carbocycles. The Hall–Kier alpha value is -3.11. The zero-order valence-corrected chi connectivity index (χ0v) is 15.6. The lowest BCUT2D eigenvalue weighted by molar-refractivity contribution is 0.102. The average Bonchev–Trinajstić information content (AvgIpc) is 2.70. The van der Waals surface area contributed by atoms with Crippen molar-refractivity contribution in [2.45, 2.75) is 13.0 Å². The lowest BCUT2D eigenvalue weighted by Gasteiger charge is -2.12. The predicted molar refractivity (Wildman–Crippen MR) is 107 cm³/mol. The van der Waals surface area contributed by atoms with Crippen LogP contribution in [-0.4, -0.2) is 20.1 Å². The first-order valence-electron chi connectivity index (χ1n) is 8.79. The minimum Gasteiger partial charge on any atom is -0.496 e. The largest absolute Gasteiger partial charge is 0.496 e. The van der Waals surface area contributed by atoms with Crippen molar-refractivity contribution >= 4 is 11.6 Å². The summed E-state index contributed by atoms with van der Waals surface area (Å²) in [5, 5.41) is 2.96. The summed E-state index contributed by atoms with van der Waals surface area (Å²) in [4.78, 5) is 12.5. The Morgan fingerprint density at radius 3 is 2.30 bits per heavy atom. The zero-order valence-electron chi connectivity index (χ0n) is 15.6. The van der Waals surface area contributed by atoms with Crippen LogP contribution in [0.2, 0.25) is 0 Å². The Labute approximate surface area is 159 Å². The van der Waals surface area contributed by atoms with Gasteiger partial charge in [-0.25, -0.2) is 0 Å². The highest BCUT2D eigenvalue weighted by molar-refractivity contribution is 6.04. The van der Waals surface area contributed by atoms with Gasteiger partial charge in [-0.3, -0.25) is 4.79 Å². The van der Waals surface area contributed by atoms with E-state index >= 15 is 0 Å². The molecule has 0 aliphatic carbocycles. The molecule has 27 heavy (non-hydrogen) atoms. The molecule has 138 valence electrons. The van der Waals surface area contributed by atoms with Gasteiger partial charge in [-0.15, -0.1) is 0 Å². The van der Waals surface area contributed by atoms with E-state index in [1.165, 1.54) is 5.56 Å². The molecule has 0 atom stereocenters. The van der Waals surface area contributed by atoms with Gasteiger partial charge in [0.2, 0.25) is 0 Å². The van der Waals surface area contributed by atoms with Crippen molar-refractivity contribution < 1.29 is 14.3 Å². The van der Waals surface area contributed by atoms with Gasteiger partial charge in [0.05, 0.1) is 13.7 Å². The van der Waals surface area contributed by atoms with Crippen LogP contribution in [-0.2, 0) is 17.8 Å². The molecular weight excluding hydrogens is 338 g/mol. The minimum absolute atomic E-state index is 0.144. The van der Waals surface area contributed by atoms with Crippen molar-refractivity contribution in [3.05, 3.63) is 95.1 Å². The molecule has 0 spiro atoms. The summed E-state index contributed by atoms with van der Waals surface area (Å²) in [6.07, 6.45) is 0.736. The van der Waals surface area contributed by atoms with E-state index in [1.807, 2.05) is 48.5 Å². The molecule has 0 aliphatic heterocycles. The lowest BCUT2D eigenvalue weighted by Crippen LogP contribution is -2.12. The third-order valence-electron chi connectivity index (χ3n) is 4.30. The second kappa shape index (κ2) is 9.01. The first-order chi connectivity index (χ1) is 13.2. The molecule has 0 radical (unpaired) electrons. The first-order valence-corrected chi connectivity index (χ1v) is 8.79. The number of methoxy groups -OCH3 is 2. The summed E-state index contributed by atoms with van der Waals surface area (Å²) in [7, 11) is 3.31. The van der Waals surface area contributed by atoms with Gasteiger partial charge in [0.25, 0.3) is 5.91 Å².